The molecule has 33 heavy (non-hydrogen) atoms. The summed E-state index contributed by atoms with van der Waals surface area (Å²) in [6, 6.07) is 12.5. The third kappa shape index (κ3) is 4.49. The third-order valence-corrected chi connectivity index (χ3v) is 7.02. The largest absolute Gasteiger partial charge is 0.493 e. The number of amides is 1. The number of nitrogens with zero attached hydrogens (tertiary/aromatic N) is 3. The number of aromatic nitrogens is 2. The molecule has 5 rings (SSSR count). The lowest BCUT2D eigenvalue weighted by Gasteiger charge is -2.23. The van der Waals surface area contributed by atoms with Gasteiger partial charge in [0.15, 0.2) is 0 Å². The first kappa shape index (κ1) is 22.0. The highest BCUT2D eigenvalue weighted by molar-refractivity contribution is 5.97. The van der Waals surface area contributed by atoms with Crippen LogP contribution in [0.3, 0.4) is 0 Å². The van der Waals surface area contributed by atoms with Gasteiger partial charge in [-0.05, 0) is 68.0 Å². The summed E-state index contributed by atoms with van der Waals surface area (Å²) in [5.74, 6) is 2.72. The molecule has 2 aromatic carbocycles. The van der Waals surface area contributed by atoms with Crippen LogP contribution in [0.15, 0.2) is 36.4 Å². The lowest BCUT2D eigenvalue weighted by atomic mass is 10.00. The van der Waals surface area contributed by atoms with Crippen molar-refractivity contribution in [1.29, 1.82) is 0 Å². The van der Waals surface area contributed by atoms with E-state index in [1.54, 1.807) is 0 Å². The molecular weight excluding hydrogens is 414 g/mol. The molecule has 174 valence electrons. The van der Waals surface area contributed by atoms with Gasteiger partial charge in [-0.3, -0.25) is 4.79 Å². The zero-order valence-corrected chi connectivity index (χ0v) is 19.7. The molecule has 2 aliphatic rings. The lowest BCUT2D eigenvalue weighted by Crippen LogP contribution is -2.30. The number of carbonyl (C=O) groups excluding carboxylic acids is 1. The maximum Gasteiger partial charge on any atom is 0.253 e. The molecule has 1 amide bonds. The van der Waals surface area contributed by atoms with Crippen LogP contribution in [0.25, 0.3) is 11.0 Å². The normalized spacial score (nSPS) is 16.1. The summed E-state index contributed by atoms with van der Waals surface area (Å²) >= 11 is 0. The Morgan fingerprint density at radius 1 is 1.09 bits per heavy atom. The number of hydrogen-bond donors (Lipinski definition) is 0. The van der Waals surface area contributed by atoms with Crippen molar-refractivity contribution in [2.75, 3.05) is 32.9 Å². The van der Waals surface area contributed by atoms with Crippen LogP contribution >= 0.6 is 0 Å². The van der Waals surface area contributed by atoms with Gasteiger partial charge in [0, 0.05) is 51.3 Å². The number of imidazole rings is 1. The molecule has 0 unspecified atom stereocenters. The fourth-order valence-electron chi connectivity index (χ4n) is 5.06. The van der Waals surface area contributed by atoms with Crippen LogP contribution in [0.2, 0.25) is 0 Å². The first-order valence-electron chi connectivity index (χ1n) is 12.3. The number of fused-ring (bicyclic) bond motifs is 2. The van der Waals surface area contributed by atoms with E-state index >= 15 is 0 Å². The Labute approximate surface area is 195 Å². The van der Waals surface area contributed by atoms with Crippen molar-refractivity contribution in [3.05, 3.63) is 58.9 Å². The molecule has 1 saturated heterocycles. The van der Waals surface area contributed by atoms with Gasteiger partial charge in [0.1, 0.15) is 11.6 Å². The fourth-order valence-corrected chi connectivity index (χ4v) is 5.06. The Morgan fingerprint density at radius 2 is 1.91 bits per heavy atom. The second-order valence-corrected chi connectivity index (χ2v) is 9.09. The molecule has 0 aliphatic carbocycles. The molecule has 0 N–H and O–H groups in total. The smallest absolute Gasteiger partial charge is 0.253 e. The van der Waals surface area contributed by atoms with E-state index < -0.39 is 0 Å². The SMILES string of the molecule is CCN(CC)C(=O)c1ccc2c(c1)nc(Cc1ccc3c(c1)CCO3)n2CC1CCOCC1. The van der Waals surface area contributed by atoms with Gasteiger partial charge in [-0.15, -0.1) is 0 Å². The minimum Gasteiger partial charge on any atom is -0.493 e. The highest BCUT2D eigenvalue weighted by atomic mass is 16.5. The molecule has 0 bridgehead atoms. The average Bonchev–Trinajstić information content (AvgIpc) is 3.44. The van der Waals surface area contributed by atoms with Crippen LogP contribution in [-0.4, -0.2) is 53.3 Å². The molecule has 6 nitrogen and oxygen atoms in total. The summed E-state index contributed by atoms with van der Waals surface area (Å²) in [7, 11) is 0. The van der Waals surface area contributed by atoms with Crippen LogP contribution in [0.1, 0.15) is 54.0 Å². The summed E-state index contributed by atoms with van der Waals surface area (Å²) < 4.78 is 13.6. The average molecular weight is 448 g/mol. The van der Waals surface area contributed by atoms with Crippen LogP contribution in [-0.2, 0) is 24.1 Å². The van der Waals surface area contributed by atoms with Gasteiger partial charge in [-0.2, -0.15) is 0 Å². The van der Waals surface area contributed by atoms with E-state index in [2.05, 4.69) is 28.8 Å². The zero-order valence-electron chi connectivity index (χ0n) is 19.7. The van der Waals surface area contributed by atoms with E-state index in [9.17, 15) is 4.79 Å². The van der Waals surface area contributed by atoms with Gasteiger partial charge in [-0.1, -0.05) is 12.1 Å². The van der Waals surface area contributed by atoms with Crippen molar-refractivity contribution in [3.63, 3.8) is 0 Å². The van der Waals surface area contributed by atoms with Gasteiger partial charge in [0.25, 0.3) is 5.91 Å². The van der Waals surface area contributed by atoms with Crippen LogP contribution in [0.4, 0.5) is 0 Å². The second-order valence-electron chi connectivity index (χ2n) is 9.09. The van der Waals surface area contributed by atoms with Crippen LogP contribution < -0.4 is 4.74 Å². The molecule has 3 aromatic rings. The molecular formula is C27H33N3O3. The van der Waals surface area contributed by atoms with E-state index in [1.807, 2.05) is 30.9 Å². The van der Waals surface area contributed by atoms with Crippen molar-refractivity contribution in [1.82, 2.24) is 14.5 Å². The Morgan fingerprint density at radius 3 is 2.70 bits per heavy atom. The minimum absolute atomic E-state index is 0.0704. The number of benzene rings is 2. The van der Waals surface area contributed by atoms with Crippen molar-refractivity contribution in [3.8, 4) is 5.75 Å². The summed E-state index contributed by atoms with van der Waals surface area (Å²) in [6.45, 7) is 8.82. The highest BCUT2D eigenvalue weighted by Crippen LogP contribution is 2.29. The van der Waals surface area contributed by atoms with Crippen LogP contribution in [0, 0.1) is 5.92 Å². The Hall–Kier alpha value is -2.86. The number of ether oxygens (including phenoxy) is 2. The molecule has 6 heteroatoms. The summed E-state index contributed by atoms with van der Waals surface area (Å²) in [4.78, 5) is 19.8. The molecule has 2 aliphatic heterocycles. The molecule has 0 atom stereocenters. The van der Waals surface area contributed by atoms with Crippen molar-refractivity contribution in [2.45, 2.75) is 46.1 Å². The minimum atomic E-state index is 0.0704. The van der Waals surface area contributed by atoms with E-state index in [-0.39, 0.29) is 5.91 Å². The molecule has 0 saturated carbocycles. The zero-order chi connectivity index (χ0) is 22.8. The van der Waals surface area contributed by atoms with Gasteiger partial charge < -0.3 is 18.9 Å². The van der Waals surface area contributed by atoms with Crippen molar-refractivity contribution >= 4 is 16.9 Å². The van der Waals surface area contributed by atoms with E-state index in [1.165, 1.54) is 11.1 Å². The maximum absolute atomic E-state index is 12.9. The fraction of sp³-hybridized carbons (Fsp3) is 0.481. The van der Waals surface area contributed by atoms with Gasteiger partial charge in [0.05, 0.1) is 17.6 Å². The maximum atomic E-state index is 12.9. The highest BCUT2D eigenvalue weighted by Gasteiger charge is 2.21. The standard InChI is InChI=1S/C27H33N3O3/c1-3-29(4-2)27(31)22-6-7-24-23(17-22)28-26(30(24)18-19-9-12-32-13-10-19)16-20-5-8-25-21(15-20)11-14-33-25/h5-8,15,17,19H,3-4,9-14,16,18H2,1-2H3. The summed E-state index contributed by atoms with van der Waals surface area (Å²) in [5.41, 5.74) is 5.26. The molecule has 0 spiro atoms. The molecule has 1 aromatic heterocycles. The van der Waals surface area contributed by atoms with E-state index in [0.717, 1.165) is 74.7 Å². The molecule has 0 radical (unpaired) electrons. The van der Waals surface area contributed by atoms with Crippen molar-refractivity contribution in [2.24, 2.45) is 5.92 Å². The lowest BCUT2D eigenvalue weighted by molar-refractivity contribution is 0.0614. The predicted octanol–water partition coefficient (Wildman–Crippen LogP) is 4.47. The topological polar surface area (TPSA) is 56.6 Å². The van der Waals surface area contributed by atoms with Crippen molar-refractivity contribution < 1.29 is 14.3 Å². The molecule has 1 fully saturated rings. The number of carbonyl (C=O) groups is 1. The van der Waals surface area contributed by atoms with Gasteiger partial charge in [-0.25, -0.2) is 4.98 Å². The van der Waals surface area contributed by atoms with Gasteiger partial charge in [0.2, 0.25) is 0 Å². The number of rotatable bonds is 7. The number of hydrogen-bond acceptors (Lipinski definition) is 4. The predicted molar refractivity (Wildman–Crippen MR) is 129 cm³/mol. The second kappa shape index (κ2) is 9.56. The third-order valence-electron chi connectivity index (χ3n) is 7.02. The van der Waals surface area contributed by atoms with Crippen LogP contribution in [0.5, 0.6) is 5.75 Å². The Bertz CT molecular complexity index is 1140. The van der Waals surface area contributed by atoms with E-state index in [0.29, 0.717) is 24.6 Å². The van der Waals surface area contributed by atoms with Gasteiger partial charge >= 0.3 is 0 Å². The first-order chi connectivity index (χ1) is 16.2. The Balaban J connectivity index is 1.50. The summed E-state index contributed by atoms with van der Waals surface area (Å²) in [5, 5.41) is 0. The quantitative estimate of drug-likeness (QED) is 0.536. The first-order valence-corrected chi connectivity index (χ1v) is 12.3. The van der Waals surface area contributed by atoms with E-state index in [4.69, 9.17) is 14.5 Å². The molecule has 3 heterocycles. The monoisotopic (exact) mass is 447 g/mol. The summed E-state index contributed by atoms with van der Waals surface area (Å²) in [6.07, 6.45) is 3.89. The Kier molecular flexibility index (Phi) is 6.36.